The number of carbonyl (C=O) groups is 1. The van der Waals surface area contributed by atoms with Gasteiger partial charge in [0.25, 0.3) is 0 Å². The maximum Gasteiger partial charge on any atom is 0.227 e. The molecule has 1 unspecified atom stereocenters. The fraction of sp³-hybridized carbons (Fsp3) is 0.300. The van der Waals surface area contributed by atoms with Crippen molar-refractivity contribution in [3.05, 3.63) is 23.8 Å². The second kappa shape index (κ2) is 2.76. The molecule has 0 spiro atoms. The minimum Gasteiger partial charge on any atom is -0.399 e. The number of carbonyl (C=O) groups excluding carboxylic acids is 1. The molecule has 1 aromatic rings. The number of nitrogens with two attached hydrogens (primary N) is 1. The molecule has 3 heteroatoms. The van der Waals surface area contributed by atoms with Gasteiger partial charge in [-0.15, -0.1) is 0 Å². The topological polar surface area (TPSA) is 55.1 Å². The van der Waals surface area contributed by atoms with Gasteiger partial charge in [0.05, 0.1) is 0 Å². The monoisotopic (exact) mass is 176 g/mol. The summed E-state index contributed by atoms with van der Waals surface area (Å²) in [5, 5.41) is 2.84. The van der Waals surface area contributed by atoms with Crippen LogP contribution in [0.5, 0.6) is 0 Å². The fourth-order valence-electron chi connectivity index (χ4n) is 1.58. The Hall–Kier alpha value is -1.51. The molecule has 13 heavy (non-hydrogen) atoms. The highest BCUT2D eigenvalue weighted by Gasteiger charge is 2.21. The Labute approximate surface area is 76.9 Å². The molecule has 0 saturated heterocycles. The second-order valence-corrected chi connectivity index (χ2v) is 3.51. The molecule has 3 nitrogen and oxygen atoms in total. The van der Waals surface area contributed by atoms with Gasteiger partial charge in [0.15, 0.2) is 0 Å². The summed E-state index contributed by atoms with van der Waals surface area (Å²) in [4.78, 5) is 11.3. The van der Waals surface area contributed by atoms with Crippen molar-refractivity contribution in [2.24, 2.45) is 5.92 Å². The van der Waals surface area contributed by atoms with Crippen LogP contribution >= 0.6 is 0 Å². The summed E-state index contributed by atoms with van der Waals surface area (Å²) in [6, 6.07) is 5.58. The van der Waals surface area contributed by atoms with E-state index in [0.29, 0.717) is 0 Å². The molecule has 0 saturated carbocycles. The summed E-state index contributed by atoms with van der Waals surface area (Å²) in [6.45, 7) is 1.92. The Morgan fingerprint density at radius 3 is 3.08 bits per heavy atom. The normalized spacial score (nSPS) is 20.7. The SMILES string of the molecule is CC1Cc2cc(N)ccc2NC1=O. The number of hydrogen-bond acceptors (Lipinski definition) is 2. The largest absolute Gasteiger partial charge is 0.399 e. The Bertz CT molecular complexity index is 360. The zero-order valence-electron chi connectivity index (χ0n) is 7.50. The lowest BCUT2D eigenvalue weighted by atomic mass is 9.94. The van der Waals surface area contributed by atoms with E-state index in [2.05, 4.69) is 5.32 Å². The number of nitrogens with one attached hydrogen (secondary N) is 1. The maximum absolute atomic E-state index is 11.3. The van der Waals surface area contributed by atoms with Crippen molar-refractivity contribution in [3.63, 3.8) is 0 Å². The van der Waals surface area contributed by atoms with Gasteiger partial charge in [0.2, 0.25) is 5.91 Å². The molecule has 0 bridgehead atoms. The van der Waals surface area contributed by atoms with Gasteiger partial charge in [-0.2, -0.15) is 0 Å². The van der Waals surface area contributed by atoms with Gasteiger partial charge in [0, 0.05) is 17.3 Å². The summed E-state index contributed by atoms with van der Waals surface area (Å²) in [5.41, 5.74) is 8.43. The van der Waals surface area contributed by atoms with E-state index in [1.165, 1.54) is 0 Å². The molecule has 0 aromatic heterocycles. The molecular weight excluding hydrogens is 164 g/mol. The van der Waals surface area contributed by atoms with Crippen LogP contribution in [0, 0.1) is 5.92 Å². The molecule has 1 heterocycles. The highest BCUT2D eigenvalue weighted by Crippen LogP contribution is 2.26. The van der Waals surface area contributed by atoms with Crippen LogP contribution in [0.3, 0.4) is 0 Å². The number of rotatable bonds is 0. The molecular formula is C10H12N2O. The maximum atomic E-state index is 11.3. The highest BCUT2D eigenvalue weighted by atomic mass is 16.1. The van der Waals surface area contributed by atoms with E-state index in [1.807, 2.05) is 19.1 Å². The summed E-state index contributed by atoms with van der Waals surface area (Å²) >= 11 is 0. The third-order valence-electron chi connectivity index (χ3n) is 2.36. The lowest BCUT2D eigenvalue weighted by Gasteiger charge is -2.21. The van der Waals surface area contributed by atoms with Crippen molar-refractivity contribution in [1.82, 2.24) is 0 Å². The van der Waals surface area contributed by atoms with Crippen LogP contribution in [0.15, 0.2) is 18.2 Å². The van der Waals surface area contributed by atoms with E-state index < -0.39 is 0 Å². The molecule has 68 valence electrons. The summed E-state index contributed by atoms with van der Waals surface area (Å²) < 4.78 is 0. The third kappa shape index (κ3) is 1.37. The molecule has 3 N–H and O–H groups in total. The predicted molar refractivity (Wildman–Crippen MR) is 52.4 cm³/mol. The van der Waals surface area contributed by atoms with Gasteiger partial charge in [0.1, 0.15) is 0 Å². The number of nitrogen functional groups attached to an aromatic ring is 1. The van der Waals surface area contributed by atoms with Crippen molar-refractivity contribution in [1.29, 1.82) is 0 Å². The molecule has 1 aliphatic heterocycles. The number of hydrogen-bond donors (Lipinski definition) is 2. The van der Waals surface area contributed by atoms with E-state index in [-0.39, 0.29) is 11.8 Å². The van der Waals surface area contributed by atoms with E-state index >= 15 is 0 Å². The third-order valence-corrected chi connectivity index (χ3v) is 2.36. The fourth-order valence-corrected chi connectivity index (χ4v) is 1.58. The Morgan fingerprint density at radius 1 is 1.54 bits per heavy atom. The van der Waals surface area contributed by atoms with Crippen LogP contribution in [0.25, 0.3) is 0 Å². The predicted octanol–water partition coefficient (Wildman–Crippen LogP) is 1.40. The van der Waals surface area contributed by atoms with Crippen molar-refractivity contribution >= 4 is 17.3 Å². The van der Waals surface area contributed by atoms with Gasteiger partial charge in [-0.05, 0) is 30.2 Å². The van der Waals surface area contributed by atoms with Gasteiger partial charge < -0.3 is 11.1 Å². The van der Waals surface area contributed by atoms with Gasteiger partial charge in [-0.3, -0.25) is 4.79 Å². The van der Waals surface area contributed by atoms with Gasteiger partial charge in [-0.1, -0.05) is 6.92 Å². The van der Waals surface area contributed by atoms with E-state index in [0.717, 1.165) is 23.4 Å². The lowest BCUT2D eigenvalue weighted by Crippen LogP contribution is -2.27. The zero-order chi connectivity index (χ0) is 9.42. The van der Waals surface area contributed by atoms with Crippen LogP contribution in [-0.2, 0) is 11.2 Å². The lowest BCUT2D eigenvalue weighted by molar-refractivity contribution is -0.119. The first-order valence-corrected chi connectivity index (χ1v) is 4.36. The van der Waals surface area contributed by atoms with Crippen LogP contribution in [0.4, 0.5) is 11.4 Å². The minimum atomic E-state index is 0.0503. The summed E-state index contributed by atoms with van der Waals surface area (Å²) in [6.07, 6.45) is 0.784. The molecule has 0 radical (unpaired) electrons. The summed E-state index contributed by atoms with van der Waals surface area (Å²) in [5.74, 6) is 0.145. The van der Waals surface area contributed by atoms with Gasteiger partial charge >= 0.3 is 0 Å². The first-order chi connectivity index (χ1) is 6.16. The van der Waals surface area contributed by atoms with Crippen molar-refractivity contribution in [2.75, 3.05) is 11.1 Å². The number of fused-ring (bicyclic) bond motifs is 1. The van der Waals surface area contributed by atoms with Crippen LogP contribution in [0.2, 0.25) is 0 Å². The standard InChI is InChI=1S/C10H12N2O/c1-6-4-7-5-8(11)2-3-9(7)12-10(6)13/h2-3,5-6H,4,11H2,1H3,(H,12,13). The molecule has 1 amide bonds. The molecule has 1 atom stereocenters. The summed E-state index contributed by atoms with van der Waals surface area (Å²) in [7, 11) is 0. The molecule has 2 rings (SSSR count). The smallest absolute Gasteiger partial charge is 0.227 e. The van der Waals surface area contributed by atoms with Crippen LogP contribution in [-0.4, -0.2) is 5.91 Å². The molecule has 1 aliphatic rings. The van der Waals surface area contributed by atoms with Crippen molar-refractivity contribution in [2.45, 2.75) is 13.3 Å². The quantitative estimate of drug-likeness (QED) is 0.587. The Morgan fingerprint density at radius 2 is 2.31 bits per heavy atom. The average Bonchev–Trinajstić information content (AvgIpc) is 2.08. The van der Waals surface area contributed by atoms with Gasteiger partial charge in [-0.25, -0.2) is 0 Å². The average molecular weight is 176 g/mol. The minimum absolute atomic E-state index is 0.0503. The Balaban J connectivity index is 2.42. The zero-order valence-corrected chi connectivity index (χ0v) is 7.50. The number of benzene rings is 1. The van der Waals surface area contributed by atoms with Crippen molar-refractivity contribution < 1.29 is 4.79 Å². The van der Waals surface area contributed by atoms with Crippen LogP contribution in [0.1, 0.15) is 12.5 Å². The number of anilines is 2. The highest BCUT2D eigenvalue weighted by molar-refractivity contribution is 5.95. The van der Waals surface area contributed by atoms with E-state index in [9.17, 15) is 4.79 Å². The van der Waals surface area contributed by atoms with Crippen molar-refractivity contribution in [3.8, 4) is 0 Å². The molecule has 1 aromatic carbocycles. The molecule has 0 fully saturated rings. The van der Waals surface area contributed by atoms with E-state index in [4.69, 9.17) is 5.73 Å². The Kier molecular flexibility index (Phi) is 1.72. The number of amides is 1. The second-order valence-electron chi connectivity index (χ2n) is 3.51. The van der Waals surface area contributed by atoms with Crippen LogP contribution < -0.4 is 11.1 Å². The van der Waals surface area contributed by atoms with E-state index in [1.54, 1.807) is 6.07 Å². The molecule has 0 aliphatic carbocycles. The first kappa shape index (κ1) is 8.10. The first-order valence-electron chi connectivity index (χ1n) is 4.36.